The topological polar surface area (TPSA) is 68.5 Å². The number of rotatable bonds is 2. The Kier molecular flexibility index (Phi) is 4.30. The van der Waals surface area contributed by atoms with E-state index in [0.717, 1.165) is 12.0 Å². The molecule has 0 unspecified atom stereocenters. The highest BCUT2D eigenvalue weighted by Crippen LogP contribution is 2.28. The molecule has 0 aliphatic carbocycles. The highest BCUT2D eigenvalue weighted by atomic mass is 16.6. The second-order valence-electron chi connectivity index (χ2n) is 7.23. The Hall–Kier alpha value is -2.37. The molecule has 6 nitrogen and oxygen atoms in total. The number of nitrogens with zero attached hydrogens (tertiary/aromatic N) is 3. The second-order valence-corrected chi connectivity index (χ2v) is 7.23. The van der Waals surface area contributed by atoms with E-state index < -0.39 is 5.60 Å². The number of benzene rings is 1. The van der Waals surface area contributed by atoms with Crippen LogP contribution >= 0.6 is 0 Å². The van der Waals surface area contributed by atoms with Crippen molar-refractivity contribution in [2.75, 3.05) is 13.1 Å². The minimum Gasteiger partial charge on any atom is -0.444 e. The van der Waals surface area contributed by atoms with Crippen LogP contribution in [0.5, 0.6) is 0 Å². The quantitative estimate of drug-likeness (QED) is 0.839. The van der Waals surface area contributed by atoms with Gasteiger partial charge in [0.2, 0.25) is 11.7 Å². The maximum Gasteiger partial charge on any atom is 0.410 e. The molecule has 2 heterocycles. The molecule has 0 radical (unpaired) electrons. The fourth-order valence-corrected chi connectivity index (χ4v) is 2.68. The third-order valence-electron chi connectivity index (χ3n) is 3.94. The molecule has 128 valence electrons. The predicted octanol–water partition coefficient (Wildman–Crippen LogP) is 3.77. The summed E-state index contributed by atoms with van der Waals surface area (Å²) in [6.45, 7) is 8.82. The van der Waals surface area contributed by atoms with E-state index in [-0.39, 0.29) is 12.0 Å². The molecule has 1 fully saturated rings. The summed E-state index contributed by atoms with van der Waals surface area (Å²) < 4.78 is 10.8. The van der Waals surface area contributed by atoms with Gasteiger partial charge in [-0.15, -0.1) is 0 Å². The van der Waals surface area contributed by atoms with Crippen LogP contribution < -0.4 is 0 Å². The average Bonchev–Trinajstić information content (AvgIpc) is 3.15. The molecule has 1 aliphatic rings. The third-order valence-corrected chi connectivity index (χ3v) is 3.94. The second kappa shape index (κ2) is 6.26. The molecule has 0 spiro atoms. The van der Waals surface area contributed by atoms with Gasteiger partial charge in [-0.2, -0.15) is 4.98 Å². The molecule has 1 aromatic heterocycles. The number of ether oxygens (including phenoxy) is 1. The van der Waals surface area contributed by atoms with Crippen molar-refractivity contribution < 1.29 is 14.1 Å². The van der Waals surface area contributed by atoms with Crippen LogP contribution in [0.4, 0.5) is 4.79 Å². The van der Waals surface area contributed by atoms with Crippen molar-refractivity contribution >= 4 is 6.09 Å². The lowest BCUT2D eigenvalue weighted by molar-refractivity contribution is 0.0291. The van der Waals surface area contributed by atoms with E-state index in [9.17, 15) is 4.79 Å². The minimum absolute atomic E-state index is 0.0595. The summed E-state index contributed by atoms with van der Waals surface area (Å²) in [5.41, 5.74) is 1.63. The first-order chi connectivity index (χ1) is 11.3. The molecule has 1 aliphatic heterocycles. The molecular weight excluding hydrogens is 306 g/mol. The predicted molar refractivity (Wildman–Crippen MR) is 89.6 cm³/mol. The van der Waals surface area contributed by atoms with E-state index >= 15 is 0 Å². The van der Waals surface area contributed by atoms with Gasteiger partial charge < -0.3 is 14.2 Å². The maximum atomic E-state index is 12.1. The Morgan fingerprint density at radius 1 is 1.29 bits per heavy atom. The van der Waals surface area contributed by atoms with Crippen LogP contribution in [0.25, 0.3) is 11.4 Å². The molecule has 6 heteroatoms. The zero-order valence-electron chi connectivity index (χ0n) is 14.6. The fraction of sp³-hybridized carbons (Fsp3) is 0.500. The third kappa shape index (κ3) is 3.75. The zero-order valence-corrected chi connectivity index (χ0v) is 14.6. The van der Waals surface area contributed by atoms with Crippen LogP contribution in [0.2, 0.25) is 0 Å². The zero-order chi connectivity index (χ0) is 17.3. The summed E-state index contributed by atoms with van der Waals surface area (Å²) in [6.07, 6.45) is 0.512. The van der Waals surface area contributed by atoms with Crippen LogP contribution in [0.15, 0.2) is 28.8 Å². The number of hydrogen-bond donors (Lipinski definition) is 0. The summed E-state index contributed by atoms with van der Waals surface area (Å²) in [6, 6.07) is 7.99. The van der Waals surface area contributed by atoms with Crippen molar-refractivity contribution in [1.29, 1.82) is 0 Å². The Morgan fingerprint density at radius 2 is 2.00 bits per heavy atom. The molecule has 0 saturated carbocycles. The first kappa shape index (κ1) is 16.5. The van der Waals surface area contributed by atoms with E-state index in [1.807, 2.05) is 52.0 Å². The molecule has 0 N–H and O–H groups in total. The van der Waals surface area contributed by atoms with Gasteiger partial charge in [-0.3, -0.25) is 0 Å². The largest absolute Gasteiger partial charge is 0.444 e. The number of carbonyl (C=O) groups excluding carboxylic acids is 1. The summed E-state index contributed by atoms with van der Waals surface area (Å²) in [4.78, 5) is 18.3. The van der Waals surface area contributed by atoms with Crippen LogP contribution in [0.3, 0.4) is 0 Å². The van der Waals surface area contributed by atoms with Crippen LogP contribution in [0, 0.1) is 6.92 Å². The highest BCUT2D eigenvalue weighted by Gasteiger charge is 2.33. The normalized spacial score (nSPS) is 18.0. The highest BCUT2D eigenvalue weighted by molar-refractivity contribution is 5.68. The number of likely N-dealkylation sites (tertiary alicyclic amines) is 1. The molecule has 24 heavy (non-hydrogen) atoms. The van der Waals surface area contributed by atoms with Gasteiger partial charge >= 0.3 is 6.09 Å². The molecular formula is C18H23N3O3. The molecule has 1 saturated heterocycles. The molecule has 0 bridgehead atoms. The lowest BCUT2D eigenvalue weighted by Crippen LogP contribution is -2.35. The van der Waals surface area contributed by atoms with Gasteiger partial charge in [0.25, 0.3) is 0 Å². The van der Waals surface area contributed by atoms with Gasteiger partial charge in [0, 0.05) is 18.7 Å². The Bertz CT molecular complexity index is 716. The van der Waals surface area contributed by atoms with Gasteiger partial charge in [-0.05, 0) is 34.1 Å². The maximum absolute atomic E-state index is 12.1. The van der Waals surface area contributed by atoms with E-state index in [4.69, 9.17) is 9.26 Å². The molecule has 1 amide bonds. The molecule has 3 rings (SSSR count). The Balaban J connectivity index is 1.66. The van der Waals surface area contributed by atoms with Crippen molar-refractivity contribution in [3.05, 3.63) is 35.7 Å². The van der Waals surface area contributed by atoms with Crippen molar-refractivity contribution in [1.82, 2.24) is 15.0 Å². The van der Waals surface area contributed by atoms with Gasteiger partial charge in [0.15, 0.2) is 0 Å². The van der Waals surface area contributed by atoms with E-state index in [0.29, 0.717) is 24.8 Å². The smallest absolute Gasteiger partial charge is 0.410 e. The number of amides is 1. The first-order valence-electron chi connectivity index (χ1n) is 8.20. The number of hydrogen-bond acceptors (Lipinski definition) is 5. The standard InChI is InChI=1S/C18H23N3O3/c1-12-5-7-13(8-6-12)15-19-16(24-20-15)14-9-10-21(11-14)17(22)23-18(2,3)4/h5-8,14H,9-11H2,1-4H3/t14-/m1/s1. The van der Waals surface area contributed by atoms with Crippen molar-refractivity contribution in [3.8, 4) is 11.4 Å². The average molecular weight is 329 g/mol. The van der Waals surface area contributed by atoms with E-state index in [2.05, 4.69) is 10.1 Å². The van der Waals surface area contributed by atoms with Gasteiger partial charge in [-0.25, -0.2) is 4.79 Å². The summed E-state index contributed by atoms with van der Waals surface area (Å²) >= 11 is 0. The SMILES string of the molecule is Cc1ccc(-c2noc([C@@H]3CCN(C(=O)OC(C)(C)C)C3)n2)cc1. The van der Waals surface area contributed by atoms with E-state index in [1.54, 1.807) is 4.90 Å². The molecule has 1 atom stereocenters. The minimum atomic E-state index is -0.488. The van der Waals surface area contributed by atoms with Crippen LogP contribution in [0.1, 0.15) is 44.6 Å². The fourth-order valence-electron chi connectivity index (χ4n) is 2.68. The Morgan fingerprint density at radius 3 is 2.67 bits per heavy atom. The number of aromatic nitrogens is 2. The summed E-state index contributed by atoms with van der Waals surface area (Å²) in [7, 11) is 0. The van der Waals surface area contributed by atoms with Crippen molar-refractivity contribution in [2.45, 2.75) is 45.6 Å². The van der Waals surface area contributed by atoms with Gasteiger partial charge in [0.05, 0.1) is 5.92 Å². The van der Waals surface area contributed by atoms with Gasteiger partial charge in [-0.1, -0.05) is 35.0 Å². The van der Waals surface area contributed by atoms with Crippen LogP contribution in [-0.4, -0.2) is 39.8 Å². The summed E-state index contributed by atoms with van der Waals surface area (Å²) in [5.74, 6) is 1.22. The summed E-state index contributed by atoms with van der Waals surface area (Å²) in [5, 5.41) is 4.07. The number of carbonyl (C=O) groups is 1. The van der Waals surface area contributed by atoms with Crippen molar-refractivity contribution in [3.63, 3.8) is 0 Å². The van der Waals surface area contributed by atoms with Crippen LogP contribution in [-0.2, 0) is 4.74 Å². The monoisotopic (exact) mass is 329 g/mol. The first-order valence-corrected chi connectivity index (χ1v) is 8.20. The van der Waals surface area contributed by atoms with Crippen molar-refractivity contribution in [2.24, 2.45) is 0 Å². The lowest BCUT2D eigenvalue weighted by atomic mass is 10.1. The van der Waals surface area contributed by atoms with Gasteiger partial charge in [0.1, 0.15) is 5.60 Å². The number of aryl methyl sites for hydroxylation is 1. The Labute approximate surface area is 141 Å². The van der Waals surface area contributed by atoms with E-state index in [1.165, 1.54) is 5.56 Å². The molecule has 1 aromatic carbocycles. The molecule has 2 aromatic rings. The lowest BCUT2D eigenvalue weighted by Gasteiger charge is -2.24.